The second kappa shape index (κ2) is 39.1. The fraction of sp³-hybridized carbons (Fsp3) is 0.873. The molecule has 17 heteroatoms. The molecule has 0 aliphatic heterocycles. The minimum absolute atomic E-state index is 0.186. The highest BCUT2D eigenvalue weighted by Gasteiger charge is 2.29. The van der Waals surface area contributed by atoms with E-state index in [1.165, 1.54) is 18.1 Å². The summed E-state index contributed by atoms with van der Waals surface area (Å²) < 4.78 is 9.18. The predicted octanol–water partition coefficient (Wildman–Crippen LogP) is 10.9. The molecule has 0 saturated heterocycles. The Morgan fingerprint density at radius 2 is 0.764 bits per heavy atom. The third kappa shape index (κ3) is 53.9. The van der Waals surface area contributed by atoms with Gasteiger partial charge in [-0.2, -0.15) is 5.10 Å². The van der Waals surface area contributed by atoms with Crippen molar-refractivity contribution in [2.24, 2.45) is 59.0 Å². The average Bonchev–Trinajstić information content (AvgIpc) is 3.22. The Balaban J connectivity index is -0.000000139. The van der Waals surface area contributed by atoms with Crippen molar-refractivity contribution in [1.29, 1.82) is 5.41 Å². The van der Waals surface area contributed by atoms with E-state index in [0.717, 1.165) is 12.8 Å². The van der Waals surface area contributed by atoms with Gasteiger partial charge in [-0.15, -0.1) is 0 Å². The lowest BCUT2D eigenvalue weighted by Gasteiger charge is -2.27. The minimum atomic E-state index is -1.46. The maximum absolute atomic E-state index is 10.1. The van der Waals surface area contributed by atoms with Gasteiger partial charge >= 0.3 is 0 Å². The van der Waals surface area contributed by atoms with Crippen LogP contribution in [0.3, 0.4) is 0 Å². The molecule has 0 radical (unpaired) electrons. The highest BCUT2D eigenvalue weighted by atomic mass is 28.3. The first kappa shape index (κ1) is 83.6. The number of aliphatic imine (C=N–C) groups is 3. The lowest BCUT2D eigenvalue weighted by Crippen LogP contribution is -2.37. The van der Waals surface area contributed by atoms with Gasteiger partial charge in [-0.3, -0.25) is 15.0 Å². The quantitative estimate of drug-likeness (QED) is 0.0330. The molecule has 5 unspecified atom stereocenters. The van der Waals surface area contributed by atoms with E-state index >= 15 is 0 Å². The Morgan fingerprint density at radius 3 is 0.958 bits per heavy atom. The second-order valence-electron chi connectivity index (χ2n) is 23.8. The van der Waals surface area contributed by atoms with Gasteiger partial charge < -0.3 is 55.5 Å². The number of rotatable bonds is 20. The van der Waals surface area contributed by atoms with Gasteiger partial charge in [0.2, 0.25) is 0 Å². The van der Waals surface area contributed by atoms with Crippen molar-refractivity contribution in [1.82, 2.24) is 5.01 Å². The van der Waals surface area contributed by atoms with Crippen LogP contribution in [0.15, 0.2) is 29.4 Å². The third-order valence-electron chi connectivity index (χ3n) is 11.6. The summed E-state index contributed by atoms with van der Waals surface area (Å²) in [6, 6.07) is 3.79. The van der Waals surface area contributed by atoms with E-state index in [0.29, 0.717) is 0 Å². The normalized spacial score (nSPS) is 16.9. The first-order valence-corrected chi connectivity index (χ1v) is 32.3. The lowest BCUT2D eigenvalue weighted by atomic mass is 9.94. The zero-order valence-corrected chi connectivity index (χ0v) is 54.6. The van der Waals surface area contributed by atoms with Crippen LogP contribution in [0, 0.1) is 35.0 Å². The number of hydrazone groups is 1. The predicted molar refractivity (Wildman–Crippen MR) is 325 cm³/mol. The average molecular weight is 1060 g/mol. The fourth-order valence-electron chi connectivity index (χ4n) is 3.46. The van der Waals surface area contributed by atoms with E-state index in [2.05, 4.69) is 65.1 Å². The maximum Gasteiger partial charge on any atom is 0.180 e. The number of aliphatic hydroxyl groups is 7. The zero-order chi connectivity index (χ0) is 59.6. The van der Waals surface area contributed by atoms with Gasteiger partial charge in [-0.1, -0.05) is 90.0 Å². The molecule has 0 amide bonds. The SMILES string of the molecule is CC(C)(O)C=N.CC(C)C(C)(O)C=NN(C)C.CC(C)C(C)(O)C=N[Si](C)(C)C.CC(C)N=CC(C)(C)O.CCN=CC(C)(O)C(C)C.CC[Si](CC)(CC)N=CC(C)(O)C(C)C.CN=CC(C)(O)C(C)C. The molecule has 0 aliphatic rings. The molecule has 0 spiro atoms. The van der Waals surface area contributed by atoms with Crippen molar-refractivity contribution >= 4 is 60.0 Å². The highest BCUT2D eigenvalue weighted by Crippen LogP contribution is 2.23. The monoisotopic (exact) mass is 1060 g/mol. The molecule has 72 heavy (non-hydrogen) atoms. The van der Waals surface area contributed by atoms with Crippen molar-refractivity contribution in [3.8, 4) is 0 Å². The van der Waals surface area contributed by atoms with E-state index in [-0.39, 0.29) is 35.6 Å². The summed E-state index contributed by atoms with van der Waals surface area (Å²) in [6.45, 7) is 55.1. The molecule has 0 aromatic carbocycles. The molecule has 0 aromatic heterocycles. The van der Waals surface area contributed by atoms with Crippen molar-refractivity contribution in [2.75, 3.05) is 27.7 Å². The minimum Gasteiger partial charge on any atom is -0.385 e. The first-order valence-electron chi connectivity index (χ1n) is 26.2. The molecule has 0 fully saturated rings. The van der Waals surface area contributed by atoms with Crippen LogP contribution >= 0.6 is 0 Å². The molecule has 0 heterocycles. The summed E-state index contributed by atoms with van der Waals surface area (Å²) in [6.07, 6.45) is 10.8. The van der Waals surface area contributed by atoms with E-state index < -0.39 is 55.7 Å². The number of hydrogen-bond donors (Lipinski definition) is 8. The smallest absolute Gasteiger partial charge is 0.180 e. The molecule has 0 bridgehead atoms. The van der Waals surface area contributed by atoms with Crippen molar-refractivity contribution < 1.29 is 35.7 Å². The number of nitrogens with one attached hydrogen (secondary N) is 1. The molecule has 5 atom stereocenters. The Kier molecular flexibility index (Phi) is 45.4. The molecule has 432 valence electrons. The van der Waals surface area contributed by atoms with Crippen LogP contribution in [0.1, 0.15) is 173 Å². The van der Waals surface area contributed by atoms with Gasteiger partial charge in [-0.05, 0) is 150 Å². The van der Waals surface area contributed by atoms with E-state index in [4.69, 9.17) is 20.3 Å². The largest absolute Gasteiger partial charge is 0.385 e. The Hall–Kier alpha value is -2.36. The van der Waals surface area contributed by atoms with Gasteiger partial charge in [0, 0.05) is 71.0 Å². The van der Waals surface area contributed by atoms with E-state index in [9.17, 15) is 25.5 Å². The number of nitrogens with zero attached hydrogens (tertiary/aromatic N) is 7. The summed E-state index contributed by atoms with van der Waals surface area (Å²) in [5, 5.41) is 78.4. The van der Waals surface area contributed by atoms with Gasteiger partial charge in [0.15, 0.2) is 16.5 Å². The van der Waals surface area contributed by atoms with Crippen molar-refractivity contribution in [2.45, 2.75) is 256 Å². The summed E-state index contributed by atoms with van der Waals surface area (Å²) in [5.74, 6) is 1.08. The Morgan fingerprint density at radius 1 is 0.472 bits per heavy atom. The second-order valence-corrected chi connectivity index (χ2v) is 33.2. The maximum atomic E-state index is 10.1. The Bertz CT molecular complexity index is 1500. The topological polar surface area (TPSA) is 243 Å². The molecule has 15 nitrogen and oxygen atoms in total. The Labute approximate surface area is 447 Å². The third-order valence-corrected chi connectivity index (χ3v) is 17.2. The first-order chi connectivity index (χ1) is 31.8. The van der Waals surface area contributed by atoms with Gasteiger partial charge in [0.25, 0.3) is 0 Å². The fourth-order valence-corrected chi connectivity index (χ4v) is 6.69. The number of hydrogen-bond acceptors (Lipinski definition) is 15. The van der Waals surface area contributed by atoms with Gasteiger partial charge in [0.05, 0.1) is 39.8 Å². The van der Waals surface area contributed by atoms with Crippen LogP contribution in [0.2, 0.25) is 37.8 Å². The van der Waals surface area contributed by atoms with Crippen LogP contribution in [0.5, 0.6) is 0 Å². The molecular weight excluding hydrogens is 941 g/mol. The zero-order valence-electron chi connectivity index (χ0n) is 52.6. The van der Waals surface area contributed by atoms with E-state index in [1.807, 2.05) is 111 Å². The standard InChI is InChI=1S/C12H27NOSi.C9H21NOSi.C8H18N2O.C8H17NO.2C7H15NO.C4H9NO/c1-7-15(8-2,9-3)13-10-12(6,14)11(4)5;1-8(2)9(3,11)7-10-12(4,5)6;1-7(2)8(3,11)6-9-10(4)5;1-5-9-6-8(4,10)7(2)3;1-6(2)7(3,9)5-8-4;1-6(2)8-5-7(3,4)9;1-4(2,6)3-5/h10-11,14H,7-9H2,1-6H3;7-8,11H,1-6H3;6-7,11H,1-5H3;6-7,10H,5H2,1-4H3;2*5-6,9H,1-4H3;3,5-6H,1-2H3. The highest BCUT2D eigenvalue weighted by molar-refractivity contribution is 6.78. The molecule has 0 aromatic rings. The van der Waals surface area contributed by atoms with Gasteiger partial charge in [-0.25, -0.2) is 0 Å². The van der Waals surface area contributed by atoms with Crippen LogP contribution in [-0.2, 0) is 0 Å². The molecule has 0 saturated carbocycles. The van der Waals surface area contributed by atoms with Crippen LogP contribution in [0.25, 0.3) is 0 Å². The summed E-state index contributed by atoms with van der Waals surface area (Å²) in [7, 11) is 2.45. The molecular formula is C55H122N8O7Si2. The summed E-state index contributed by atoms with van der Waals surface area (Å²) >= 11 is 0. The molecule has 8 N–H and O–H groups in total. The van der Waals surface area contributed by atoms with Crippen LogP contribution in [0.4, 0.5) is 0 Å². The summed E-state index contributed by atoms with van der Waals surface area (Å²) in [4.78, 5) is 11.8. The molecule has 0 rings (SSSR count). The van der Waals surface area contributed by atoms with Crippen LogP contribution < -0.4 is 0 Å². The molecule has 0 aliphatic carbocycles. The van der Waals surface area contributed by atoms with Crippen molar-refractivity contribution in [3.05, 3.63) is 0 Å². The van der Waals surface area contributed by atoms with Crippen molar-refractivity contribution in [3.63, 3.8) is 0 Å². The lowest BCUT2D eigenvalue weighted by molar-refractivity contribution is 0.0863. The van der Waals surface area contributed by atoms with Gasteiger partial charge in [0.1, 0.15) is 5.60 Å². The summed E-state index contributed by atoms with van der Waals surface area (Å²) in [5.41, 5.74) is -5.46. The van der Waals surface area contributed by atoms with E-state index in [1.54, 1.807) is 105 Å². The van der Waals surface area contributed by atoms with Crippen LogP contribution in [-0.4, -0.2) is 174 Å².